The second kappa shape index (κ2) is 9.54. The molecule has 1 aliphatic rings. The minimum atomic E-state index is -0.355. The van der Waals surface area contributed by atoms with E-state index in [4.69, 9.17) is 21.1 Å². The molecule has 1 aliphatic heterocycles. The molecular weight excluding hydrogens is 448 g/mol. The number of hydrogen-bond donors (Lipinski definition) is 1. The number of methoxy groups -OCH3 is 2. The third-order valence-corrected chi connectivity index (χ3v) is 6.63. The van der Waals surface area contributed by atoms with Crippen molar-refractivity contribution in [3.63, 3.8) is 0 Å². The number of halogens is 1. The molecule has 4 rings (SSSR count). The van der Waals surface area contributed by atoms with Crippen LogP contribution < -0.4 is 19.7 Å². The predicted octanol–water partition coefficient (Wildman–Crippen LogP) is 5.39. The van der Waals surface area contributed by atoms with Crippen LogP contribution in [0.3, 0.4) is 0 Å². The summed E-state index contributed by atoms with van der Waals surface area (Å²) in [5, 5.41) is 2.97. The second-order valence-corrected chi connectivity index (χ2v) is 8.46. The molecular formula is C24H21ClN2O4S. The fourth-order valence-electron chi connectivity index (χ4n) is 3.56. The van der Waals surface area contributed by atoms with E-state index in [-0.39, 0.29) is 17.2 Å². The Morgan fingerprint density at radius 2 is 1.81 bits per heavy atom. The fourth-order valence-corrected chi connectivity index (χ4v) is 4.99. The van der Waals surface area contributed by atoms with Gasteiger partial charge in [0.05, 0.1) is 36.2 Å². The maximum absolute atomic E-state index is 12.9. The van der Waals surface area contributed by atoms with Crippen molar-refractivity contribution in [2.75, 3.05) is 30.2 Å². The van der Waals surface area contributed by atoms with Crippen LogP contribution in [0.25, 0.3) is 0 Å². The van der Waals surface area contributed by atoms with Crippen LogP contribution in [-0.2, 0) is 4.79 Å². The highest BCUT2D eigenvalue weighted by Crippen LogP contribution is 2.47. The van der Waals surface area contributed by atoms with E-state index in [0.717, 1.165) is 5.56 Å². The van der Waals surface area contributed by atoms with Crippen LogP contribution in [0.2, 0.25) is 5.02 Å². The minimum absolute atomic E-state index is 0.0567. The fraction of sp³-hybridized carbons (Fsp3) is 0.167. The molecule has 1 saturated heterocycles. The van der Waals surface area contributed by atoms with Crippen LogP contribution in [0.4, 0.5) is 11.4 Å². The van der Waals surface area contributed by atoms with Crippen LogP contribution in [0.15, 0.2) is 66.7 Å². The first-order valence-electron chi connectivity index (χ1n) is 9.84. The normalized spacial score (nSPS) is 15.5. The number of nitrogens with one attached hydrogen (secondary N) is 1. The number of rotatable bonds is 6. The smallest absolute Gasteiger partial charge is 0.257 e. The molecule has 0 spiro atoms. The summed E-state index contributed by atoms with van der Waals surface area (Å²) in [6.45, 7) is 0. The molecule has 1 heterocycles. The predicted molar refractivity (Wildman–Crippen MR) is 128 cm³/mol. The van der Waals surface area contributed by atoms with Crippen LogP contribution in [0.1, 0.15) is 21.3 Å². The van der Waals surface area contributed by atoms with Crippen molar-refractivity contribution < 1.29 is 19.1 Å². The van der Waals surface area contributed by atoms with Crippen LogP contribution in [0, 0.1) is 0 Å². The highest BCUT2D eigenvalue weighted by Gasteiger charge is 2.37. The molecule has 0 saturated carbocycles. The molecule has 164 valence electrons. The van der Waals surface area contributed by atoms with Gasteiger partial charge in [0, 0.05) is 17.3 Å². The summed E-state index contributed by atoms with van der Waals surface area (Å²) in [5.74, 6) is 1.10. The molecule has 1 unspecified atom stereocenters. The Kier molecular flexibility index (Phi) is 6.58. The molecule has 3 aromatic rings. The minimum Gasteiger partial charge on any atom is -0.497 e. The van der Waals surface area contributed by atoms with E-state index in [0.29, 0.717) is 39.2 Å². The number of nitrogens with zero attached hydrogens (tertiary/aromatic N) is 1. The van der Waals surface area contributed by atoms with Gasteiger partial charge >= 0.3 is 0 Å². The summed E-state index contributed by atoms with van der Waals surface area (Å²) in [4.78, 5) is 27.5. The molecule has 2 amide bonds. The topological polar surface area (TPSA) is 67.9 Å². The number of ether oxygens (including phenoxy) is 2. The van der Waals surface area contributed by atoms with Crippen LogP contribution in [-0.4, -0.2) is 31.8 Å². The quantitative estimate of drug-likeness (QED) is 0.525. The van der Waals surface area contributed by atoms with Gasteiger partial charge in [-0.15, -0.1) is 11.8 Å². The molecule has 32 heavy (non-hydrogen) atoms. The van der Waals surface area contributed by atoms with Crippen molar-refractivity contribution in [1.82, 2.24) is 0 Å². The zero-order valence-electron chi connectivity index (χ0n) is 17.5. The first-order valence-corrected chi connectivity index (χ1v) is 11.3. The Morgan fingerprint density at radius 3 is 2.56 bits per heavy atom. The largest absolute Gasteiger partial charge is 0.497 e. The van der Waals surface area contributed by atoms with Gasteiger partial charge in [0.15, 0.2) is 0 Å². The molecule has 1 N–H and O–H groups in total. The zero-order valence-corrected chi connectivity index (χ0v) is 19.1. The van der Waals surface area contributed by atoms with E-state index in [9.17, 15) is 9.59 Å². The summed E-state index contributed by atoms with van der Waals surface area (Å²) >= 11 is 7.67. The number of carbonyl (C=O) groups excluding carboxylic acids is 2. The van der Waals surface area contributed by atoms with Crippen molar-refractivity contribution >= 4 is 46.6 Å². The molecule has 0 aliphatic carbocycles. The highest BCUT2D eigenvalue weighted by molar-refractivity contribution is 8.00. The van der Waals surface area contributed by atoms with E-state index >= 15 is 0 Å². The lowest BCUT2D eigenvalue weighted by Gasteiger charge is -2.27. The number of anilines is 2. The first kappa shape index (κ1) is 22.0. The van der Waals surface area contributed by atoms with Crippen molar-refractivity contribution in [2.45, 2.75) is 5.37 Å². The van der Waals surface area contributed by atoms with Gasteiger partial charge in [-0.1, -0.05) is 41.9 Å². The van der Waals surface area contributed by atoms with Gasteiger partial charge in [-0.25, -0.2) is 0 Å². The maximum Gasteiger partial charge on any atom is 0.257 e. The number of benzene rings is 3. The standard InChI is InChI=1S/C24H21ClN2O4S/c1-30-15-11-12-21(31-2)20(13-15)27-22(28)14-32-24(27)17-8-4-6-10-19(17)26-23(29)16-7-3-5-9-18(16)25/h3-13,24H,14H2,1-2H3,(H,26,29). The third kappa shape index (κ3) is 4.26. The Balaban J connectivity index is 1.72. The first-order chi connectivity index (χ1) is 15.5. The van der Waals surface area contributed by atoms with Crippen LogP contribution in [0.5, 0.6) is 11.5 Å². The maximum atomic E-state index is 12.9. The number of carbonyl (C=O) groups is 2. The van der Waals surface area contributed by atoms with Gasteiger partial charge in [-0.2, -0.15) is 0 Å². The Hall–Kier alpha value is -3.16. The average Bonchev–Trinajstić information content (AvgIpc) is 3.20. The van der Waals surface area contributed by atoms with Crippen molar-refractivity contribution in [2.24, 2.45) is 0 Å². The Labute approximate surface area is 195 Å². The van der Waals surface area contributed by atoms with E-state index in [2.05, 4.69) is 5.32 Å². The lowest BCUT2D eigenvalue weighted by molar-refractivity contribution is -0.115. The monoisotopic (exact) mass is 468 g/mol. The highest BCUT2D eigenvalue weighted by atomic mass is 35.5. The van der Waals surface area contributed by atoms with Gasteiger partial charge < -0.3 is 14.8 Å². The molecule has 1 atom stereocenters. The molecule has 3 aromatic carbocycles. The Morgan fingerprint density at radius 1 is 1.06 bits per heavy atom. The molecule has 8 heteroatoms. The van der Waals surface area contributed by atoms with E-state index in [1.54, 1.807) is 61.6 Å². The lowest BCUT2D eigenvalue weighted by Crippen LogP contribution is -2.29. The number of thioether (sulfide) groups is 1. The number of amides is 2. The summed E-state index contributed by atoms with van der Waals surface area (Å²) in [6.07, 6.45) is 0. The van der Waals surface area contributed by atoms with Gasteiger partial charge in [-0.05, 0) is 30.3 Å². The van der Waals surface area contributed by atoms with Gasteiger partial charge in [0.2, 0.25) is 5.91 Å². The van der Waals surface area contributed by atoms with Gasteiger partial charge in [0.1, 0.15) is 16.9 Å². The summed E-state index contributed by atoms with van der Waals surface area (Å²) in [7, 11) is 3.13. The molecule has 1 fully saturated rings. The third-order valence-electron chi connectivity index (χ3n) is 5.11. The van der Waals surface area contributed by atoms with Crippen LogP contribution >= 0.6 is 23.4 Å². The van der Waals surface area contributed by atoms with Crippen molar-refractivity contribution in [3.8, 4) is 11.5 Å². The number of hydrogen-bond acceptors (Lipinski definition) is 5. The van der Waals surface area contributed by atoms with E-state index in [1.165, 1.54) is 11.8 Å². The second-order valence-electron chi connectivity index (χ2n) is 6.99. The van der Waals surface area contributed by atoms with E-state index < -0.39 is 0 Å². The zero-order chi connectivity index (χ0) is 22.7. The summed E-state index contributed by atoms with van der Waals surface area (Å²) in [5.41, 5.74) is 2.40. The Bertz CT molecular complexity index is 1170. The molecule has 0 aromatic heterocycles. The SMILES string of the molecule is COc1ccc(OC)c(N2C(=O)CSC2c2ccccc2NC(=O)c2ccccc2Cl)c1. The number of para-hydroxylation sites is 1. The van der Waals surface area contributed by atoms with Crippen molar-refractivity contribution in [3.05, 3.63) is 82.9 Å². The summed E-state index contributed by atoms with van der Waals surface area (Å²) < 4.78 is 10.9. The molecule has 0 bridgehead atoms. The van der Waals surface area contributed by atoms with Crippen molar-refractivity contribution in [1.29, 1.82) is 0 Å². The van der Waals surface area contributed by atoms with Gasteiger partial charge in [-0.3, -0.25) is 14.5 Å². The van der Waals surface area contributed by atoms with Gasteiger partial charge in [0.25, 0.3) is 5.91 Å². The molecule has 0 radical (unpaired) electrons. The average molecular weight is 469 g/mol. The van der Waals surface area contributed by atoms with E-state index in [1.807, 2.05) is 24.3 Å². The molecule has 6 nitrogen and oxygen atoms in total. The lowest BCUT2D eigenvalue weighted by atomic mass is 10.1. The summed E-state index contributed by atoms with van der Waals surface area (Å²) in [6, 6.07) is 19.6.